The van der Waals surface area contributed by atoms with Gasteiger partial charge in [0.1, 0.15) is 0 Å². The van der Waals surface area contributed by atoms with Crippen molar-refractivity contribution in [3.05, 3.63) is 35.4 Å². The molecule has 1 saturated carbocycles. The highest BCUT2D eigenvalue weighted by Gasteiger charge is 2.44. The van der Waals surface area contributed by atoms with Gasteiger partial charge in [-0.2, -0.15) is 10.2 Å². The van der Waals surface area contributed by atoms with Crippen LogP contribution in [0.15, 0.2) is 18.6 Å². The molecule has 0 spiro atoms. The Morgan fingerprint density at radius 1 is 1.21 bits per heavy atom. The lowest BCUT2D eigenvalue weighted by molar-refractivity contribution is 0.410. The molecule has 6 nitrogen and oxygen atoms in total. The van der Waals surface area contributed by atoms with Gasteiger partial charge in [-0.05, 0) is 74.6 Å². The van der Waals surface area contributed by atoms with E-state index in [2.05, 4.69) is 52.9 Å². The zero-order valence-electron chi connectivity index (χ0n) is 17.7. The molecular formula is C22H36N6. The topological polar surface area (TPSA) is 73.7 Å². The Bertz CT molecular complexity index is 777. The SMILES string of the molecule is CC(C)c1cn(C2CCCNCC2)nc1CC(C)c1cnn(C2(CN)CC2)c1. The molecule has 2 aliphatic rings. The first-order chi connectivity index (χ1) is 13.5. The fourth-order valence-corrected chi connectivity index (χ4v) is 4.47. The van der Waals surface area contributed by atoms with Gasteiger partial charge in [0.2, 0.25) is 0 Å². The molecule has 154 valence electrons. The molecule has 2 atom stereocenters. The Hall–Kier alpha value is -1.66. The number of hydrogen-bond acceptors (Lipinski definition) is 4. The molecule has 1 saturated heterocycles. The number of rotatable bonds is 7. The van der Waals surface area contributed by atoms with Crippen LogP contribution in [-0.4, -0.2) is 39.2 Å². The molecule has 3 heterocycles. The van der Waals surface area contributed by atoms with E-state index in [1.165, 1.54) is 36.1 Å². The highest BCUT2D eigenvalue weighted by atomic mass is 15.3. The van der Waals surface area contributed by atoms with Gasteiger partial charge in [-0.3, -0.25) is 9.36 Å². The summed E-state index contributed by atoms with van der Waals surface area (Å²) in [6, 6.07) is 0.526. The van der Waals surface area contributed by atoms with E-state index in [0.717, 1.165) is 32.4 Å². The van der Waals surface area contributed by atoms with Crippen LogP contribution in [0.2, 0.25) is 0 Å². The number of nitrogens with two attached hydrogens (primary N) is 1. The predicted octanol–water partition coefficient (Wildman–Crippen LogP) is 3.31. The normalized spacial score (nSPS) is 23.0. The summed E-state index contributed by atoms with van der Waals surface area (Å²) in [6.45, 7) is 9.76. The Kier molecular flexibility index (Phi) is 5.61. The first kappa shape index (κ1) is 19.6. The highest BCUT2D eigenvalue weighted by Crippen LogP contribution is 2.42. The third-order valence-corrected chi connectivity index (χ3v) is 6.75. The summed E-state index contributed by atoms with van der Waals surface area (Å²) in [5, 5.41) is 13.2. The lowest BCUT2D eigenvalue weighted by atomic mass is 9.94. The van der Waals surface area contributed by atoms with Gasteiger partial charge in [-0.15, -0.1) is 0 Å². The predicted molar refractivity (Wildman–Crippen MR) is 113 cm³/mol. The molecule has 2 aromatic heterocycles. The summed E-state index contributed by atoms with van der Waals surface area (Å²) in [7, 11) is 0. The second-order valence-electron chi connectivity index (χ2n) is 9.25. The Morgan fingerprint density at radius 2 is 2.04 bits per heavy atom. The van der Waals surface area contributed by atoms with E-state index in [1.54, 1.807) is 0 Å². The van der Waals surface area contributed by atoms with E-state index < -0.39 is 0 Å². The first-order valence-electron chi connectivity index (χ1n) is 11.1. The summed E-state index contributed by atoms with van der Waals surface area (Å²) in [4.78, 5) is 0. The van der Waals surface area contributed by atoms with Crippen LogP contribution < -0.4 is 11.1 Å². The van der Waals surface area contributed by atoms with Gasteiger partial charge < -0.3 is 11.1 Å². The monoisotopic (exact) mass is 384 g/mol. The van der Waals surface area contributed by atoms with Crippen LogP contribution in [0.5, 0.6) is 0 Å². The number of nitrogens with one attached hydrogen (secondary N) is 1. The smallest absolute Gasteiger partial charge is 0.0751 e. The van der Waals surface area contributed by atoms with Crippen LogP contribution in [-0.2, 0) is 12.0 Å². The summed E-state index contributed by atoms with van der Waals surface area (Å²) in [5.74, 6) is 0.897. The van der Waals surface area contributed by atoms with Crippen molar-refractivity contribution < 1.29 is 0 Å². The van der Waals surface area contributed by atoms with Crippen LogP contribution in [0, 0.1) is 0 Å². The molecule has 6 heteroatoms. The Morgan fingerprint density at radius 3 is 2.75 bits per heavy atom. The molecule has 2 unspecified atom stereocenters. The maximum absolute atomic E-state index is 5.97. The zero-order valence-corrected chi connectivity index (χ0v) is 17.7. The van der Waals surface area contributed by atoms with Crippen LogP contribution >= 0.6 is 0 Å². The molecule has 2 aromatic rings. The largest absolute Gasteiger partial charge is 0.328 e. The molecular weight excluding hydrogens is 348 g/mol. The summed E-state index contributed by atoms with van der Waals surface area (Å²) >= 11 is 0. The molecule has 0 aromatic carbocycles. The maximum atomic E-state index is 5.97. The fraction of sp³-hybridized carbons (Fsp3) is 0.727. The maximum Gasteiger partial charge on any atom is 0.0751 e. The van der Waals surface area contributed by atoms with Crippen molar-refractivity contribution in [2.75, 3.05) is 19.6 Å². The molecule has 2 fully saturated rings. The van der Waals surface area contributed by atoms with Crippen LogP contribution in [0.3, 0.4) is 0 Å². The second-order valence-corrected chi connectivity index (χ2v) is 9.25. The molecule has 0 amide bonds. The summed E-state index contributed by atoms with van der Waals surface area (Å²) in [5.41, 5.74) is 10.0. The highest BCUT2D eigenvalue weighted by molar-refractivity contribution is 5.25. The molecule has 1 aliphatic heterocycles. The minimum atomic E-state index is 0.0934. The summed E-state index contributed by atoms with van der Waals surface area (Å²) < 4.78 is 4.38. The van der Waals surface area contributed by atoms with Gasteiger partial charge in [0.25, 0.3) is 0 Å². The average molecular weight is 385 g/mol. The quantitative estimate of drug-likeness (QED) is 0.768. The zero-order chi connectivity index (χ0) is 19.7. The van der Waals surface area contributed by atoms with Gasteiger partial charge in [0.15, 0.2) is 0 Å². The molecule has 3 N–H and O–H groups in total. The van der Waals surface area contributed by atoms with Crippen molar-refractivity contribution in [1.29, 1.82) is 0 Å². The Balaban J connectivity index is 1.51. The third-order valence-electron chi connectivity index (χ3n) is 6.75. The number of nitrogens with zero attached hydrogens (tertiary/aromatic N) is 4. The van der Waals surface area contributed by atoms with Crippen molar-refractivity contribution in [3.8, 4) is 0 Å². The van der Waals surface area contributed by atoms with Crippen molar-refractivity contribution >= 4 is 0 Å². The fourth-order valence-electron chi connectivity index (χ4n) is 4.47. The van der Waals surface area contributed by atoms with E-state index in [4.69, 9.17) is 10.8 Å². The third kappa shape index (κ3) is 3.90. The van der Waals surface area contributed by atoms with E-state index in [-0.39, 0.29) is 5.54 Å². The second kappa shape index (κ2) is 7.99. The van der Waals surface area contributed by atoms with E-state index in [0.29, 0.717) is 24.4 Å². The van der Waals surface area contributed by atoms with Crippen molar-refractivity contribution in [2.45, 2.75) is 82.7 Å². The first-order valence-corrected chi connectivity index (χ1v) is 11.1. The van der Waals surface area contributed by atoms with E-state index >= 15 is 0 Å². The van der Waals surface area contributed by atoms with Crippen molar-refractivity contribution in [2.24, 2.45) is 5.73 Å². The molecule has 1 aliphatic carbocycles. The minimum Gasteiger partial charge on any atom is -0.328 e. The van der Waals surface area contributed by atoms with Gasteiger partial charge in [-0.25, -0.2) is 0 Å². The summed E-state index contributed by atoms with van der Waals surface area (Å²) in [6.07, 6.45) is 13.4. The number of hydrogen-bond donors (Lipinski definition) is 2. The Labute approximate surface area is 168 Å². The van der Waals surface area contributed by atoms with Gasteiger partial charge >= 0.3 is 0 Å². The van der Waals surface area contributed by atoms with Gasteiger partial charge in [0.05, 0.1) is 23.5 Å². The average Bonchev–Trinajstić information content (AvgIpc) is 3.25. The van der Waals surface area contributed by atoms with E-state index in [9.17, 15) is 0 Å². The van der Waals surface area contributed by atoms with Crippen LogP contribution in [0.25, 0.3) is 0 Å². The number of aromatic nitrogens is 4. The lowest BCUT2D eigenvalue weighted by Gasteiger charge is -2.14. The van der Waals surface area contributed by atoms with Crippen LogP contribution in [0.1, 0.15) is 87.6 Å². The van der Waals surface area contributed by atoms with Crippen molar-refractivity contribution in [1.82, 2.24) is 24.9 Å². The van der Waals surface area contributed by atoms with Crippen molar-refractivity contribution in [3.63, 3.8) is 0 Å². The van der Waals surface area contributed by atoms with Gasteiger partial charge in [0, 0.05) is 18.9 Å². The van der Waals surface area contributed by atoms with Crippen LogP contribution in [0.4, 0.5) is 0 Å². The lowest BCUT2D eigenvalue weighted by Crippen LogP contribution is -2.27. The minimum absolute atomic E-state index is 0.0934. The molecule has 0 radical (unpaired) electrons. The van der Waals surface area contributed by atoms with E-state index in [1.807, 2.05) is 6.20 Å². The molecule has 28 heavy (non-hydrogen) atoms. The standard InChI is InChI=1S/C22H36N6/c1-16(2)20-14-27(19-5-4-9-24-10-6-19)26-21(20)11-17(3)18-12-25-28(13-18)22(15-23)7-8-22/h12-14,16-17,19,24H,4-11,15,23H2,1-3H3. The van der Waals surface area contributed by atoms with Gasteiger partial charge in [-0.1, -0.05) is 20.8 Å². The molecule has 0 bridgehead atoms. The molecule has 4 rings (SSSR count).